The van der Waals surface area contributed by atoms with E-state index in [-0.39, 0.29) is 11.9 Å². The van der Waals surface area contributed by atoms with Crippen molar-refractivity contribution in [3.05, 3.63) is 37.1 Å². The molecule has 2 saturated heterocycles. The molecule has 8 nitrogen and oxygen atoms in total. The maximum Gasteiger partial charge on any atom is 0.227 e. The smallest absolute Gasteiger partial charge is 0.227 e. The molecule has 0 N–H and O–H groups in total. The summed E-state index contributed by atoms with van der Waals surface area (Å²) in [4.78, 5) is 20.6. The first kappa shape index (κ1) is 14.4. The van der Waals surface area contributed by atoms with Gasteiger partial charge in [0.05, 0.1) is 24.1 Å². The minimum absolute atomic E-state index is 0.198. The van der Waals surface area contributed by atoms with Crippen LogP contribution in [0.15, 0.2) is 37.1 Å². The monoisotopic (exact) mass is 337 g/mol. The average Bonchev–Trinajstić information content (AvgIpc) is 3.39. The lowest BCUT2D eigenvalue weighted by Gasteiger charge is -2.18. The molecule has 5 heterocycles. The summed E-state index contributed by atoms with van der Waals surface area (Å²) in [6, 6.07) is 2.28. The van der Waals surface area contributed by atoms with Gasteiger partial charge in [-0.3, -0.25) is 9.48 Å². The van der Waals surface area contributed by atoms with Crippen LogP contribution in [0.3, 0.4) is 0 Å². The summed E-state index contributed by atoms with van der Waals surface area (Å²) in [5.41, 5.74) is 1.93. The summed E-state index contributed by atoms with van der Waals surface area (Å²) in [5.74, 6) is 1.16. The molecular weight excluding hydrogens is 318 g/mol. The molecule has 8 heteroatoms. The number of nitrogens with zero attached hydrogens (tertiary/aromatic N) is 7. The van der Waals surface area contributed by atoms with Gasteiger partial charge in [-0.1, -0.05) is 0 Å². The minimum Gasteiger partial charge on any atom is -0.353 e. The third-order valence-corrected chi connectivity index (χ3v) is 5.11. The van der Waals surface area contributed by atoms with Gasteiger partial charge in [0.1, 0.15) is 5.52 Å². The van der Waals surface area contributed by atoms with Crippen LogP contribution in [0.1, 0.15) is 25.3 Å². The molecular formula is C17H19N7O. The highest BCUT2D eigenvalue weighted by molar-refractivity contribution is 5.95. The standard InChI is InChI=1S/C17H19N7O/c25-16-2-1-7-22(16)14-10-20-24(12-14)13-4-8-21(11-13)17-15-3-5-19-23(15)9-6-18-17/h3,5-6,9-10,12-13H,1-2,4,7-8,11H2. The van der Waals surface area contributed by atoms with Gasteiger partial charge in [0, 0.05) is 44.6 Å². The molecule has 0 spiro atoms. The maximum atomic E-state index is 11.9. The minimum atomic E-state index is 0.198. The van der Waals surface area contributed by atoms with Gasteiger partial charge in [-0.05, 0) is 18.9 Å². The molecule has 1 amide bonds. The predicted molar refractivity (Wildman–Crippen MR) is 92.7 cm³/mol. The highest BCUT2D eigenvalue weighted by atomic mass is 16.2. The molecule has 2 fully saturated rings. The van der Waals surface area contributed by atoms with Crippen molar-refractivity contribution < 1.29 is 4.79 Å². The Labute approximate surface area is 144 Å². The number of amides is 1. The van der Waals surface area contributed by atoms with E-state index in [2.05, 4.69) is 20.1 Å². The third kappa shape index (κ3) is 2.36. The Morgan fingerprint density at radius 3 is 3.00 bits per heavy atom. The molecule has 0 saturated carbocycles. The van der Waals surface area contributed by atoms with Crippen molar-refractivity contribution in [3.8, 4) is 0 Å². The maximum absolute atomic E-state index is 11.9. The van der Waals surface area contributed by atoms with Gasteiger partial charge in [-0.25, -0.2) is 9.50 Å². The van der Waals surface area contributed by atoms with Crippen LogP contribution in [0.2, 0.25) is 0 Å². The van der Waals surface area contributed by atoms with E-state index in [1.165, 1.54) is 0 Å². The van der Waals surface area contributed by atoms with Crippen LogP contribution in [0.5, 0.6) is 0 Å². The third-order valence-electron chi connectivity index (χ3n) is 5.11. The molecule has 5 rings (SSSR count). The first-order valence-electron chi connectivity index (χ1n) is 8.67. The second kappa shape index (κ2) is 5.58. The zero-order valence-corrected chi connectivity index (χ0v) is 13.8. The number of carbonyl (C=O) groups is 1. The van der Waals surface area contributed by atoms with E-state index in [4.69, 9.17) is 0 Å². The molecule has 0 aliphatic carbocycles. The number of aromatic nitrogens is 5. The normalized spacial score (nSPS) is 21.0. The molecule has 0 radical (unpaired) electrons. The topological polar surface area (TPSA) is 71.6 Å². The van der Waals surface area contributed by atoms with Crippen LogP contribution in [0.25, 0.3) is 5.52 Å². The van der Waals surface area contributed by atoms with Crippen molar-refractivity contribution in [1.82, 2.24) is 24.4 Å². The van der Waals surface area contributed by atoms with E-state index < -0.39 is 0 Å². The molecule has 2 aliphatic heterocycles. The Morgan fingerprint density at radius 2 is 2.12 bits per heavy atom. The highest BCUT2D eigenvalue weighted by Gasteiger charge is 2.28. The summed E-state index contributed by atoms with van der Waals surface area (Å²) >= 11 is 0. The zero-order valence-electron chi connectivity index (χ0n) is 13.8. The zero-order chi connectivity index (χ0) is 16.8. The van der Waals surface area contributed by atoms with Gasteiger partial charge in [-0.15, -0.1) is 0 Å². The molecule has 0 bridgehead atoms. The molecule has 3 aromatic rings. The highest BCUT2D eigenvalue weighted by Crippen LogP contribution is 2.29. The van der Waals surface area contributed by atoms with Crippen LogP contribution in [0, 0.1) is 0 Å². The number of fused-ring (bicyclic) bond motifs is 1. The number of hydrogen-bond donors (Lipinski definition) is 0. The first-order chi connectivity index (χ1) is 12.3. The van der Waals surface area contributed by atoms with E-state index in [1.807, 2.05) is 38.8 Å². The molecule has 1 atom stereocenters. The van der Waals surface area contributed by atoms with Crippen LogP contribution in [0.4, 0.5) is 11.5 Å². The van der Waals surface area contributed by atoms with Gasteiger partial charge in [0.2, 0.25) is 5.91 Å². The van der Waals surface area contributed by atoms with Crippen molar-refractivity contribution in [3.63, 3.8) is 0 Å². The lowest BCUT2D eigenvalue weighted by atomic mass is 10.3. The largest absolute Gasteiger partial charge is 0.353 e. The van der Waals surface area contributed by atoms with E-state index >= 15 is 0 Å². The summed E-state index contributed by atoms with van der Waals surface area (Å²) in [5, 5.41) is 8.79. The van der Waals surface area contributed by atoms with Crippen molar-refractivity contribution in [1.29, 1.82) is 0 Å². The molecule has 2 aliphatic rings. The fourth-order valence-corrected chi connectivity index (χ4v) is 3.83. The first-order valence-corrected chi connectivity index (χ1v) is 8.67. The van der Waals surface area contributed by atoms with Crippen molar-refractivity contribution in [2.45, 2.75) is 25.3 Å². The molecule has 1 unspecified atom stereocenters. The van der Waals surface area contributed by atoms with Crippen molar-refractivity contribution in [2.24, 2.45) is 0 Å². The molecule has 3 aromatic heterocycles. The van der Waals surface area contributed by atoms with E-state index in [0.717, 1.165) is 49.5 Å². The van der Waals surface area contributed by atoms with E-state index in [9.17, 15) is 4.79 Å². The fraction of sp³-hybridized carbons (Fsp3) is 0.412. The lowest BCUT2D eigenvalue weighted by molar-refractivity contribution is -0.117. The average molecular weight is 337 g/mol. The SMILES string of the molecule is O=C1CCCN1c1cnn(C2CCN(c3nccn4nccc34)C2)c1. The van der Waals surface area contributed by atoms with E-state index in [0.29, 0.717) is 6.42 Å². The summed E-state index contributed by atoms with van der Waals surface area (Å²) in [6.07, 6.45) is 11.8. The van der Waals surface area contributed by atoms with E-state index in [1.54, 1.807) is 12.4 Å². The van der Waals surface area contributed by atoms with Gasteiger partial charge in [0.25, 0.3) is 0 Å². The lowest BCUT2D eigenvalue weighted by Crippen LogP contribution is -2.23. The Balaban J connectivity index is 1.36. The van der Waals surface area contributed by atoms with Gasteiger partial charge in [0.15, 0.2) is 5.82 Å². The molecule has 0 aromatic carbocycles. The Hall–Kier alpha value is -2.90. The molecule has 25 heavy (non-hydrogen) atoms. The van der Waals surface area contributed by atoms with Crippen molar-refractivity contribution >= 4 is 22.9 Å². The second-order valence-corrected chi connectivity index (χ2v) is 6.63. The number of carbonyl (C=O) groups excluding carboxylic acids is 1. The second-order valence-electron chi connectivity index (χ2n) is 6.63. The Morgan fingerprint density at radius 1 is 1.16 bits per heavy atom. The van der Waals surface area contributed by atoms with Gasteiger partial charge >= 0.3 is 0 Å². The Bertz CT molecular complexity index is 930. The summed E-state index contributed by atoms with van der Waals surface area (Å²) in [7, 11) is 0. The number of anilines is 2. The fourth-order valence-electron chi connectivity index (χ4n) is 3.83. The summed E-state index contributed by atoms with van der Waals surface area (Å²) < 4.78 is 3.85. The van der Waals surface area contributed by atoms with Crippen LogP contribution < -0.4 is 9.80 Å². The van der Waals surface area contributed by atoms with Gasteiger partial charge in [-0.2, -0.15) is 10.2 Å². The Kier molecular flexibility index (Phi) is 3.22. The van der Waals surface area contributed by atoms with Crippen LogP contribution in [-0.2, 0) is 4.79 Å². The number of hydrogen-bond acceptors (Lipinski definition) is 5. The summed E-state index contributed by atoms with van der Waals surface area (Å²) in [6.45, 7) is 2.59. The number of rotatable bonds is 3. The van der Waals surface area contributed by atoms with Crippen LogP contribution in [-0.4, -0.2) is 49.9 Å². The van der Waals surface area contributed by atoms with Crippen molar-refractivity contribution in [2.75, 3.05) is 29.4 Å². The quantitative estimate of drug-likeness (QED) is 0.724. The molecule has 128 valence electrons. The van der Waals surface area contributed by atoms with Crippen LogP contribution >= 0.6 is 0 Å². The van der Waals surface area contributed by atoms with Gasteiger partial charge < -0.3 is 9.80 Å². The predicted octanol–water partition coefficient (Wildman–Crippen LogP) is 1.50.